The first-order valence-corrected chi connectivity index (χ1v) is 9.35. The van der Waals surface area contributed by atoms with Gasteiger partial charge in [0.15, 0.2) is 4.90 Å². The Bertz CT molecular complexity index is 1080. The Balaban J connectivity index is 1.92. The van der Waals surface area contributed by atoms with Crippen LogP contribution in [0.3, 0.4) is 0 Å². The molecule has 140 valence electrons. The summed E-state index contributed by atoms with van der Waals surface area (Å²) >= 11 is 0. The van der Waals surface area contributed by atoms with Crippen molar-refractivity contribution in [3.8, 4) is 0 Å². The fraction of sp³-hybridized carbons (Fsp3) is 0.125. The maximum atomic E-state index is 12.6. The van der Waals surface area contributed by atoms with Crippen LogP contribution in [-0.2, 0) is 16.4 Å². The maximum Gasteiger partial charge on any atom is 0.471 e. The van der Waals surface area contributed by atoms with Crippen molar-refractivity contribution >= 4 is 33.8 Å². The number of furan rings is 1. The molecule has 1 heterocycles. The number of nitro groups is 1. The van der Waals surface area contributed by atoms with E-state index in [0.717, 1.165) is 12.1 Å². The Morgan fingerprint density at radius 2 is 1.81 bits per heavy atom. The lowest BCUT2D eigenvalue weighted by molar-refractivity contribution is -0.387. The first-order chi connectivity index (χ1) is 12.8. The molecule has 9 nitrogen and oxygen atoms in total. The molecule has 1 atom stereocenters. The molecule has 3 aromatic rings. The predicted molar refractivity (Wildman–Crippen MR) is 97.3 cm³/mol. The van der Waals surface area contributed by atoms with E-state index in [-0.39, 0.29) is 6.42 Å². The van der Waals surface area contributed by atoms with Crippen LogP contribution in [0.1, 0.15) is 5.56 Å². The van der Waals surface area contributed by atoms with Crippen molar-refractivity contribution < 1.29 is 27.8 Å². The van der Waals surface area contributed by atoms with Crippen molar-refractivity contribution in [3.63, 3.8) is 0 Å². The van der Waals surface area contributed by atoms with Gasteiger partial charge in [0, 0.05) is 11.5 Å². The average molecular weight is 390 g/mol. The fourth-order valence-corrected chi connectivity index (χ4v) is 4.14. The summed E-state index contributed by atoms with van der Waals surface area (Å²) in [5, 5.41) is 31.1. The molecule has 0 fully saturated rings. The lowest BCUT2D eigenvalue weighted by atomic mass is 9.77. The molecule has 3 N–H and O–H groups in total. The Kier molecular flexibility index (Phi) is 5.28. The highest BCUT2D eigenvalue weighted by molar-refractivity contribution is 7.89. The second-order valence-corrected chi connectivity index (χ2v) is 7.51. The summed E-state index contributed by atoms with van der Waals surface area (Å²) in [5.41, 5.74) is 0.527. The molecule has 0 aliphatic rings. The summed E-state index contributed by atoms with van der Waals surface area (Å²) in [6.07, 6.45) is 1.31. The third-order valence-electron chi connectivity index (χ3n) is 4.02. The fourth-order valence-electron chi connectivity index (χ4n) is 2.73. The molecule has 0 aliphatic carbocycles. The van der Waals surface area contributed by atoms with Crippen LogP contribution in [0.5, 0.6) is 0 Å². The van der Waals surface area contributed by atoms with Gasteiger partial charge >= 0.3 is 7.12 Å². The number of rotatable bonds is 7. The first-order valence-electron chi connectivity index (χ1n) is 7.86. The van der Waals surface area contributed by atoms with Crippen LogP contribution in [0, 0.1) is 10.1 Å². The minimum absolute atomic E-state index is 0.0887. The highest BCUT2D eigenvalue weighted by Crippen LogP contribution is 2.25. The standard InChI is InChI=1S/C16H15BN2O7S/c20-17(21)16(9-11-10-26-14-7-3-1-5-12(11)14)18-27(24,25)15-8-4-2-6-13(15)19(22)23/h1-8,10,16,18,20-21H,9H2/t16-/m0/s1. The topological polar surface area (TPSA) is 143 Å². The molecule has 0 saturated heterocycles. The van der Waals surface area contributed by atoms with Gasteiger partial charge in [0.1, 0.15) is 5.58 Å². The highest BCUT2D eigenvalue weighted by Gasteiger charge is 2.33. The summed E-state index contributed by atoms with van der Waals surface area (Å²) in [6.45, 7) is 0. The summed E-state index contributed by atoms with van der Waals surface area (Å²) < 4.78 is 32.7. The van der Waals surface area contributed by atoms with Crippen LogP contribution in [0.15, 0.2) is 64.1 Å². The molecule has 3 rings (SSSR count). The first kappa shape index (κ1) is 19.0. The molecule has 2 aromatic carbocycles. The third kappa shape index (κ3) is 4.01. The van der Waals surface area contributed by atoms with Gasteiger partial charge < -0.3 is 14.5 Å². The normalized spacial score (nSPS) is 12.8. The second kappa shape index (κ2) is 7.49. The lowest BCUT2D eigenvalue weighted by Gasteiger charge is -2.17. The average Bonchev–Trinajstić information content (AvgIpc) is 3.04. The molecule has 0 radical (unpaired) electrons. The van der Waals surface area contributed by atoms with Crippen molar-refractivity contribution in [2.45, 2.75) is 17.3 Å². The maximum absolute atomic E-state index is 12.6. The van der Waals surface area contributed by atoms with Gasteiger partial charge in [-0.1, -0.05) is 30.3 Å². The zero-order valence-electron chi connectivity index (χ0n) is 13.8. The van der Waals surface area contributed by atoms with Crippen LogP contribution in [0.2, 0.25) is 0 Å². The van der Waals surface area contributed by atoms with E-state index in [1.165, 1.54) is 18.4 Å². The Morgan fingerprint density at radius 3 is 2.52 bits per heavy atom. The monoisotopic (exact) mass is 390 g/mol. The summed E-state index contributed by atoms with van der Waals surface area (Å²) in [4.78, 5) is 9.72. The molecular formula is C16H15BN2O7S. The van der Waals surface area contributed by atoms with Crippen molar-refractivity contribution in [2.75, 3.05) is 0 Å². The summed E-state index contributed by atoms with van der Waals surface area (Å²) in [7, 11) is -6.41. The molecule has 27 heavy (non-hydrogen) atoms. The van der Waals surface area contributed by atoms with E-state index in [9.17, 15) is 28.6 Å². The molecule has 0 saturated carbocycles. The summed E-state index contributed by atoms with van der Waals surface area (Å²) in [5.74, 6) is -1.34. The van der Waals surface area contributed by atoms with Crippen LogP contribution >= 0.6 is 0 Å². The number of nitrogens with one attached hydrogen (secondary N) is 1. The number of para-hydroxylation sites is 2. The Labute approximate surface area is 154 Å². The van der Waals surface area contributed by atoms with Gasteiger partial charge in [-0.3, -0.25) is 10.1 Å². The van der Waals surface area contributed by atoms with E-state index in [1.54, 1.807) is 24.3 Å². The molecule has 0 bridgehead atoms. The lowest BCUT2D eigenvalue weighted by Crippen LogP contribution is -2.47. The van der Waals surface area contributed by atoms with E-state index in [0.29, 0.717) is 16.5 Å². The number of fused-ring (bicyclic) bond motifs is 1. The number of sulfonamides is 1. The van der Waals surface area contributed by atoms with Gasteiger partial charge in [-0.15, -0.1) is 0 Å². The number of nitro benzene ring substituents is 1. The predicted octanol–water partition coefficient (Wildman–Crippen LogP) is 1.24. The van der Waals surface area contributed by atoms with Crippen molar-refractivity contribution in [1.82, 2.24) is 4.72 Å². The quantitative estimate of drug-likeness (QED) is 0.313. The van der Waals surface area contributed by atoms with Crippen LogP contribution in [0.25, 0.3) is 11.0 Å². The van der Waals surface area contributed by atoms with E-state index in [2.05, 4.69) is 4.72 Å². The van der Waals surface area contributed by atoms with Gasteiger partial charge in [-0.05, 0) is 24.1 Å². The number of nitrogens with zero attached hydrogens (tertiary/aromatic N) is 1. The van der Waals surface area contributed by atoms with Gasteiger partial charge in [-0.25, -0.2) is 13.1 Å². The largest absolute Gasteiger partial charge is 0.471 e. The number of hydrogen-bond acceptors (Lipinski definition) is 7. The van der Waals surface area contributed by atoms with Crippen molar-refractivity contribution in [3.05, 3.63) is 70.5 Å². The van der Waals surface area contributed by atoms with E-state index in [1.807, 2.05) is 0 Å². The van der Waals surface area contributed by atoms with Gasteiger partial charge in [0.05, 0.1) is 17.1 Å². The van der Waals surface area contributed by atoms with Crippen molar-refractivity contribution in [2.24, 2.45) is 0 Å². The molecule has 0 aliphatic heterocycles. The minimum atomic E-state index is -4.38. The van der Waals surface area contributed by atoms with Crippen molar-refractivity contribution in [1.29, 1.82) is 0 Å². The van der Waals surface area contributed by atoms with Crippen LogP contribution < -0.4 is 4.72 Å². The molecule has 0 amide bonds. The summed E-state index contributed by atoms with van der Waals surface area (Å²) in [6, 6.07) is 11.8. The second-order valence-electron chi connectivity index (χ2n) is 5.83. The van der Waals surface area contributed by atoms with Crippen LogP contribution in [-0.4, -0.2) is 36.4 Å². The Morgan fingerprint density at radius 1 is 1.15 bits per heavy atom. The van der Waals surface area contributed by atoms with Gasteiger partial charge in [0.25, 0.3) is 5.69 Å². The van der Waals surface area contributed by atoms with E-state index < -0.39 is 38.6 Å². The molecule has 11 heteroatoms. The number of hydrogen-bond donors (Lipinski definition) is 3. The number of benzene rings is 2. The molecule has 0 unspecified atom stereocenters. The molecule has 1 aromatic heterocycles. The molecule has 0 spiro atoms. The van der Waals surface area contributed by atoms with Gasteiger partial charge in [-0.2, -0.15) is 0 Å². The minimum Gasteiger partial charge on any atom is -0.464 e. The zero-order chi connectivity index (χ0) is 19.6. The van der Waals surface area contributed by atoms with Gasteiger partial charge in [0.2, 0.25) is 10.0 Å². The highest BCUT2D eigenvalue weighted by atomic mass is 32.2. The van der Waals surface area contributed by atoms with Crippen LogP contribution in [0.4, 0.5) is 5.69 Å². The van der Waals surface area contributed by atoms with E-state index >= 15 is 0 Å². The molecular weight excluding hydrogens is 375 g/mol. The zero-order valence-corrected chi connectivity index (χ0v) is 14.7. The smallest absolute Gasteiger partial charge is 0.464 e. The van der Waals surface area contributed by atoms with E-state index in [4.69, 9.17) is 4.42 Å². The SMILES string of the molecule is O=[N+]([O-])c1ccccc1S(=O)(=O)N[C@@H](Cc1coc2ccccc12)B(O)O. The third-order valence-corrected chi connectivity index (χ3v) is 5.56. The Hall–Kier alpha value is -2.73.